The lowest BCUT2D eigenvalue weighted by Gasteiger charge is -2.36. The van der Waals surface area contributed by atoms with Crippen molar-refractivity contribution in [3.05, 3.63) is 0 Å². The fourth-order valence-corrected chi connectivity index (χ4v) is 1.85. The zero-order valence-corrected chi connectivity index (χ0v) is 11.3. The van der Waals surface area contributed by atoms with Gasteiger partial charge in [0.1, 0.15) is 6.04 Å². The van der Waals surface area contributed by atoms with E-state index in [0.29, 0.717) is 19.7 Å². The Hall–Kier alpha value is -1.14. The SMILES string of the molecule is CCNC(=O)C1COCCN1C(=O)C(N)C(C)C. The van der Waals surface area contributed by atoms with E-state index in [9.17, 15) is 9.59 Å². The van der Waals surface area contributed by atoms with Gasteiger partial charge < -0.3 is 20.7 Å². The first-order valence-corrected chi connectivity index (χ1v) is 6.40. The number of carbonyl (C=O) groups excluding carboxylic acids is 2. The van der Waals surface area contributed by atoms with Crippen LogP contribution in [0.15, 0.2) is 0 Å². The van der Waals surface area contributed by atoms with Crippen LogP contribution in [-0.2, 0) is 14.3 Å². The molecular weight excluding hydrogens is 234 g/mol. The van der Waals surface area contributed by atoms with E-state index in [2.05, 4.69) is 5.32 Å². The molecular formula is C12H23N3O3. The average Bonchev–Trinajstić information content (AvgIpc) is 2.37. The summed E-state index contributed by atoms with van der Waals surface area (Å²) in [6.45, 7) is 7.27. The van der Waals surface area contributed by atoms with Crippen molar-refractivity contribution in [3.63, 3.8) is 0 Å². The molecule has 1 aliphatic rings. The standard InChI is InChI=1S/C12H23N3O3/c1-4-14-11(16)9-7-18-6-5-15(9)12(17)10(13)8(2)3/h8-10H,4-7,13H2,1-3H3,(H,14,16). The van der Waals surface area contributed by atoms with Crippen LogP contribution in [0.3, 0.4) is 0 Å². The largest absolute Gasteiger partial charge is 0.377 e. The van der Waals surface area contributed by atoms with Crippen molar-refractivity contribution in [1.29, 1.82) is 0 Å². The van der Waals surface area contributed by atoms with Crippen molar-refractivity contribution in [2.45, 2.75) is 32.9 Å². The number of nitrogens with one attached hydrogen (secondary N) is 1. The molecule has 2 unspecified atom stereocenters. The molecule has 1 saturated heterocycles. The van der Waals surface area contributed by atoms with Crippen molar-refractivity contribution in [1.82, 2.24) is 10.2 Å². The number of nitrogens with two attached hydrogens (primary N) is 1. The number of rotatable bonds is 4. The van der Waals surface area contributed by atoms with Gasteiger partial charge in [0.25, 0.3) is 0 Å². The van der Waals surface area contributed by atoms with Gasteiger partial charge in [-0.1, -0.05) is 13.8 Å². The lowest BCUT2D eigenvalue weighted by atomic mass is 10.0. The minimum Gasteiger partial charge on any atom is -0.377 e. The van der Waals surface area contributed by atoms with Crippen LogP contribution in [0, 0.1) is 5.92 Å². The second-order valence-electron chi connectivity index (χ2n) is 4.79. The molecule has 0 aromatic heterocycles. The highest BCUT2D eigenvalue weighted by molar-refractivity contribution is 5.90. The van der Waals surface area contributed by atoms with E-state index in [-0.39, 0.29) is 24.3 Å². The third-order valence-corrected chi connectivity index (χ3v) is 3.07. The van der Waals surface area contributed by atoms with Crippen LogP contribution >= 0.6 is 0 Å². The molecule has 0 aromatic carbocycles. The quantitative estimate of drug-likeness (QED) is 0.700. The first-order chi connectivity index (χ1) is 8.49. The summed E-state index contributed by atoms with van der Waals surface area (Å²) in [7, 11) is 0. The summed E-state index contributed by atoms with van der Waals surface area (Å²) >= 11 is 0. The molecule has 6 nitrogen and oxygen atoms in total. The molecule has 6 heteroatoms. The molecule has 0 aliphatic carbocycles. The number of ether oxygens (including phenoxy) is 1. The maximum atomic E-state index is 12.2. The summed E-state index contributed by atoms with van der Waals surface area (Å²) in [5, 5.41) is 2.71. The molecule has 1 aliphatic heterocycles. The topological polar surface area (TPSA) is 84.7 Å². The van der Waals surface area contributed by atoms with E-state index in [1.807, 2.05) is 20.8 Å². The highest BCUT2D eigenvalue weighted by Gasteiger charge is 2.35. The van der Waals surface area contributed by atoms with E-state index < -0.39 is 12.1 Å². The summed E-state index contributed by atoms with van der Waals surface area (Å²) in [6.07, 6.45) is 0. The molecule has 0 bridgehead atoms. The fraction of sp³-hybridized carbons (Fsp3) is 0.833. The van der Waals surface area contributed by atoms with E-state index in [0.717, 1.165) is 0 Å². The normalized spacial score (nSPS) is 21.8. The van der Waals surface area contributed by atoms with Crippen LogP contribution in [0.5, 0.6) is 0 Å². The molecule has 1 heterocycles. The Balaban J connectivity index is 2.76. The summed E-state index contributed by atoms with van der Waals surface area (Å²) < 4.78 is 5.27. The van der Waals surface area contributed by atoms with Gasteiger partial charge >= 0.3 is 0 Å². The molecule has 0 aromatic rings. The second-order valence-corrected chi connectivity index (χ2v) is 4.79. The monoisotopic (exact) mass is 257 g/mol. The number of hydrogen-bond acceptors (Lipinski definition) is 4. The van der Waals surface area contributed by atoms with Crippen molar-refractivity contribution in [3.8, 4) is 0 Å². The summed E-state index contributed by atoms with van der Waals surface area (Å²) in [6, 6.07) is -1.13. The lowest BCUT2D eigenvalue weighted by molar-refractivity contribution is -0.150. The summed E-state index contributed by atoms with van der Waals surface area (Å²) in [4.78, 5) is 25.6. The lowest BCUT2D eigenvalue weighted by Crippen LogP contribution is -2.59. The predicted molar refractivity (Wildman–Crippen MR) is 67.8 cm³/mol. The van der Waals surface area contributed by atoms with Crippen molar-refractivity contribution in [2.75, 3.05) is 26.3 Å². The van der Waals surface area contributed by atoms with Crippen LogP contribution < -0.4 is 11.1 Å². The van der Waals surface area contributed by atoms with Crippen LogP contribution in [-0.4, -0.2) is 55.1 Å². The molecule has 104 valence electrons. The van der Waals surface area contributed by atoms with Crippen LogP contribution in [0.4, 0.5) is 0 Å². The number of carbonyl (C=O) groups is 2. The highest BCUT2D eigenvalue weighted by Crippen LogP contribution is 2.12. The van der Waals surface area contributed by atoms with Crippen LogP contribution in [0.25, 0.3) is 0 Å². The molecule has 1 rings (SSSR count). The number of morpholine rings is 1. The Morgan fingerprint density at radius 2 is 2.17 bits per heavy atom. The molecule has 1 fully saturated rings. The van der Waals surface area contributed by atoms with Gasteiger partial charge in [-0.05, 0) is 12.8 Å². The first-order valence-electron chi connectivity index (χ1n) is 6.40. The fourth-order valence-electron chi connectivity index (χ4n) is 1.85. The van der Waals surface area contributed by atoms with Gasteiger partial charge in [0.05, 0.1) is 19.3 Å². The first kappa shape index (κ1) is 14.9. The number of likely N-dealkylation sites (N-methyl/N-ethyl adjacent to an activating group) is 1. The number of amides is 2. The maximum absolute atomic E-state index is 12.2. The van der Waals surface area contributed by atoms with Gasteiger partial charge in [0.15, 0.2) is 0 Å². The van der Waals surface area contributed by atoms with Gasteiger partial charge in [0, 0.05) is 13.1 Å². The Bertz CT molecular complexity index is 307. The molecule has 0 radical (unpaired) electrons. The van der Waals surface area contributed by atoms with Gasteiger partial charge in [-0.2, -0.15) is 0 Å². The Morgan fingerprint density at radius 1 is 1.50 bits per heavy atom. The minimum atomic E-state index is -0.569. The summed E-state index contributed by atoms with van der Waals surface area (Å²) in [5.74, 6) is -0.304. The highest BCUT2D eigenvalue weighted by atomic mass is 16.5. The molecule has 0 saturated carbocycles. The molecule has 0 spiro atoms. The van der Waals surface area contributed by atoms with Crippen LogP contribution in [0.1, 0.15) is 20.8 Å². The number of nitrogens with zero attached hydrogens (tertiary/aromatic N) is 1. The van der Waals surface area contributed by atoms with E-state index >= 15 is 0 Å². The molecule has 2 amide bonds. The van der Waals surface area contributed by atoms with Crippen molar-refractivity contribution >= 4 is 11.8 Å². The van der Waals surface area contributed by atoms with Gasteiger partial charge in [-0.15, -0.1) is 0 Å². The smallest absolute Gasteiger partial charge is 0.245 e. The third kappa shape index (κ3) is 3.43. The van der Waals surface area contributed by atoms with E-state index in [1.165, 1.54) is 0 Å². The Kier molecular flexibility index (Phi) is 5.55. The van der Waals surface area contributed by atoms with Gasteiger partial charge in [-0.3, -0.25) is 9.59 Å². The van der Waals surface area contributed by atoms with Crippen LogP contribution in [0.2, 0.25) is 0 Å². The minimum absolute atomic E-state index is 0.0511. The Labute approximate surface area is 108 Å². The molecule has 3 N–H and O–H groups in total. The van der Waals surface area contributed by atoms with Gasteiger partial charge in [0.2, 0.25) is 11.8 Å². The van der Waals surface area contributed by atoms with Crippen molar-refractivity contribution in [2.24, 2.45) is 11.7 Å². The summed E-state index contributed by atoms with van der Waals surface area (Å²) in [5.41, 5.74) is 5.86. The molecule has 18 heavy (non-hydrogen) atoms. The maximum Gasteiger partial charge on any atom is 0.245 e. The predicted octanol–water partition coefficient (Wildman–Crippen LogP) is -0.667. The van der Waals surface area contributed by atoms with E-state index in [4.69, 9.17) is 10.5 Å². The zero-order valence-electron chi connectivity index (χ0n) is 11.3. The Morgan fingerprint density at radius 3 is 2.72 bits per heavy atom. The average molecular weight is 257 g/mol. The van der Waals surface area contributed by atoms with E-state index in [1.54, 1.807) is 4.90 Å². The zero-order chi connectivity index (χ0) is 13.7. The molecule has 2 atom stereocenters. The number of hydrogen-bond donors (Lipinski definition) is 2. The second kappa shape index (κ2) is 6.70. The third-order valence-electron chi connectivity index (χ3n) is 3.07. The van der Waals surface area contributed by atoms with Crippen molar-refractivity contribution < 1.29 is 14.3 Å². The van der Waals surface area contributed by atoms with Gasteiger partial charge in [-0.25, -0.2) is 0 Å².